The number of fused-ring (bicyclic) bond motifs is 3. The van der Waals surface area contributed by atoms with E-state index in [9.17, 15) is 14.3 Å². The van der Waals surface area contributed by atoms with E-state index in [1.165, 1.54) is 12.1 Å². The van der Waals surface area contributed by atoms with Gasteiger partial charge in [-0.05, 0) is 42.7 Å². The lowest BCUT2D eigenvalue weighted by Crippen LogP contribution is -2.04. The number of carboxylic acid groups (broad SMARTS) is 1. The molecule has 0 aliphatic carbocycles. The van der Waals surface area contributed by atoms with Crippen LogP contribution in [0.1, 0.15) is 49.9 Å². The summed E-state index contributed by atoms with van der Waals surface area (Å²) in [5, 5.41) is 10.5. The number of aliphatic carboxylic acids is 1. The molecule has 2 aromatic heterocycles. The van der Waals surface area contributed by atoms with Crippen LogP contribution in [0.15, 0.2) is 46.3 Å². The molecule has 0 amide bonds. The number of rotatable bonds is 5. The molecule has 27 heavy (non-hydrogen) atoms. The minimum atomic E-state index is -0.779. The normalized spacial score (nSPS) is 16.2. The summed E-state index contributed by atoms with van der Waals surface area (Å²) in [6, 6.07) is 8.46. The molecular formula is C21H21FN2O2S. The number of hydrogen-bond acceptors (Lipinski definition) is 3. The summed E-state index contributed by atoms with van der Waals surface area (Å²) in [6.45, 7) is 5.05. The van der Waals surface area contributed by atoms with Gasteiger partial charge < -0.3 is 9.67 Å². The van der Waals surface area contributed by atoms with Gasteiger partial charge in [-0.25, -0.2) is 4.39 Å². The van der Waals surface area contributed by atoms with Crippen molar-refractivity contribution in [2.45, 2.75) is 54.9 Å². The third kappa shape index (κ3) is 3.23. The van der Waals surface area contributed by atoms with Crippen LogP contribution in [0, 0.1) is 5.82 Å². The average molecular weight is 384 g/mol. The molecule has 0 fully saturated rings. The third-order valence-corrected chi connectivity index (χ3v) is 6.21. The number of nitrogens with zero attached hydrogens (tertiary/aromatic N) is 2. The molecule has 4 nitrogen and oxygen atoms in total. The van der Waals surface area contributed by atoms with E-state index in [-0.39, 0.29) is 24.1 Å². The first kappa shape index (κ1) is 18.0. The molecule has 0 saturated carbocycles. The summed E-state index contributed by atoms with van der Waals surface area (Å²) in [4.78, 5) is 18.0. The van der Waals surface area contributed by atoms with Gasteiger partial charge in [0.05, 0.1) is 17.6 Å². The quantitative estimate of drug-likeness (QED) is 0.639. The summed E-state index contributed by atoms with van der Waals surface area (Å²) in [6.07, 6.45) is 2.79. The van der Waals surface area contributed by atoms with Crippen molar-refractivity contribution in [1.29, 1.82) is 0 Å². The zero-order chi connectivity index (χ0) is 19.1. The Morgan fingerprint density at radius 2 is 2.07 bits per heavy atom. The van der Waals surface area contributed by atoms with Crippen LogP contribution in [-0.4, -0.2) is 20.6 Å². The van der Waals surface area contributed by atoms with Crippen molar-refractivity contribution in [3.63, 3.8) is 0 Å². The number of carbonyl (C=O) groups is 1. The topological polar surface area (TPSA) is 55.1 Å². The molecule has 140 valence electrons. The Bertz CT molecular complexity index is 1010. The second kappa shape index (κ2) is 7.00. The predicted octanol–water partition coefficient (Wildman–Crippen LogP) is 5.41. The van der Waals surface area contributed by atoms with Crippen LogP contribution in [-0.2, 0) is 11.3 Å². The second-order valence-corrected chi connectivity index (χ2v) is 8.33. The highest BCUT2D eigenvalue weighted by molar-refractivity contribution is 7.99. The molecule has 1 N–H and O–H groups in total. The van der Waals surface area contributed by atoms with Gasteiger partial charge in [-0.1, -0.05) is 25.6 Å². The summed E-state index contributed by atoms with van der Waals surface area (Å²) in [7, 11) is 0. The van der Waals surface area contributed by atoms with E-state index < -0.39 is 5.97 Å². The summed E-state index contributed by atoms with van der Waals surface area (Å²) >= 11 is 1.58. The molecule has 6 heteroatoms. The minimum Gasteiger partial charge on any atom is -0.481 e. The van der Waals surface area contributed by atoms with E-state index >= 15 is 0 Å². The maximum absolute atomic E-state index is 13.3. The van der Waals surface area contributed by atoms with E-state index in [0.29, 0.717) is 0 Å². The van der Waals surface area contributed by atoms with Gasteiger partial charge in [0.1, 0.15) is 5.82 Å². The first-order chi connectivity index (χ1) is 13.0. The molecular weight excluding hydrogens is 363 g/mol. The maximum atomic E-state index is 13.3. The number of carboxylic acids is 1. The number of aromatic nitrogens is 2. The van der Waals surface area contributed by atoms with Crippen LogP contribution < -0.4 is 0 Å². The van der Waals surface area contributed by atoms with E-state index in [1.54, 1.807) is 23.9 Å². The lowest BCUT2D eigenvalue weighted by molar-refractivity contribution is -0.137. The molecule has 1 atom stereocenters. The fraction of sp³-hybridized carbons (Fsp3) is 0.333. The van der Waals surface area contributed by atoms with Crippen LogP contribution in [0.5, 0.6) is 0 Å². The van der Waals surface area contributed by atoms with E-state index in [1.807, 2.05) is 12.3 Å². The molecule has 3 aromatic rings. The molecule has 1 unspecified atom stereocenters. The Kier molecular flexibility index (Phi) is 4.68. The highest BCUT2D eigenvalue weighted by Gasteiger charge is 2.32. The summed E-state index contributed by atoms with van der Waals surface area (Å²) in [5.74, 6) is -0.807. The Morgan fingerprint density at radius 1 is 1.33 bits per heavy atom. The predicted molar refractivity (Wildman–Crippen MR) is 104 cm³/mol. The van der Waals surface area contributed by atoms with E-state index in [2.05, 4.69) is 23.4 Å². The molecule has 1 aliphatic heterocycles. The monoisotopic (exact) mass is 384 g/mol. The van der Waals surface area contributed by atoms with Gasteiger partial charge in [-0.2, -0.15) is 0 Å². The highest BCUT2D eigenvalue weighted by Crippen LogP contribution is 2.48. The lowest BCUT2D eigenvalue weighted by atomic mass is 9.99. The van der Waals surface area contributed by atoms with Gasteiger partial charge in [0, 0.05) is 39.5 Å². The minimum absolute atomic E-state index is 0.0159. The van der Waals surface area contributed by atoms with E-state index in [4.69, 9.17) is 0 Å². The number of hydrogen-bond donors (Lipinski definition) is 1. The number of benzene rings is 1. The van der Waals surface area contributed by atoms with Gasteiger partial charge in [0.15, 0.2) is 0 Å². The zero-order valence-corrected chi connectivity index (χ0v) is 16.1. The molecule has 0 spiro atoms. The van der Waals surface area contributed by atoms with Crippen LogP contribution in [0.2, 0.25) is 0 Å². The van der Waals surface area contributed by atoms with Crippen molar-refractivity contribution >= 4 is 28.6 Å². The molecule has 1 aromatic carbocycles. The van der Waals surface area contributed by atoms with Crippen molar-refractivity contribution in [2.24, 2.45) is 0 Å². The van der Waals surface area contributed by atoms with Gasteiger partial charge in [-0.15, -0.1) is 0 Å². The Labute approximate surface area is 161 Å². The molecule has 4 rings (SSSR count). The first-order valence-electron chi connectivity index (χ1n) is 9.12. The Morgan fingerprint density at radius 3 is 2.74 bits per heavy atom. The van der Waals surface area contributed by atoms with Crippen molar-refractivity contribution in [3.05, 3.63) is 53.7 Å². The molecule has 3 heterocycles. The van der Waals surface area contributed by atoms with Gasteiger partial charge in [-0.3, -0.25) is 9.78 Å². The Balaban J connectivity index is 1.93. The smallest absolute Gasteiger partial charge is 0.304 e. The van der Waals surface area contributed by atoms with Crippen LogP contribution in [0.3, 0.4) is 0 Å². The fourth-order valence-electron chi connectivity index (χ4n) is 3.94. The average Bonchev–Trinajstić information content (AvgIpc) is 3.16. The number of aryl methyl sites for hydroxylation is 1. The number of pyridine rings is 1. The van der Waals surface area contributed by atoms with Crippen molar-refractivity contribution < 1.29 is 14.3 Å². The van der Waals surface area contributed by atoms with Crippen LogP contribution in [0.4, 0.5) is 4.39 Å². The second-order valence-electron chi connectivity index (χ2n) is 7.25. The van der Waals surface area contributed by atoms with Crippen LogP contribution in [0.25, 0.3) is 10.9 Å². The van der Waals surface area contributed by atoms with Gasteiger partial charge in [0.25, 0.3) is 0 Å². The highest BCUT2D eigenvalue weighted by atomic mass is 32.2. The van der Waals surface area contributed by atoms with Crippen molar-refractivity contribution in [3.8, 4) is 0 Å². The van der Waals surface area contributed by atoms with Crippen molar-refractivity contribution in [2.75, 3.05) is 0 Å². The van der Waals surface area contributed by atoms with Crippen LogP contribution >= 0.6 is 11.8 Å². The molecule has 0 bridgehead atoms. The maximum Gasteiger partial charge on any atom is 0.304 e. The summed E-state index contributed by atoms with van der Waals surface area (Å²) < 4.78 is 15.6. The molecule has 0 saturated heterocycles. The lowest BCUT2D eigenvalue weighted by Gasteiger charge is -2.12. The Hall–Kier alpha value is -2.34. The standard InChI is InChI=1S/C21H21FN2O2S/c1-12(2)19-18-16(7-9-23-19)24-10-8-13(11-17(25)26)20(24)21(18)27-15-5-3-14(22)4-6-15/h3-7,9,12-13H,8,10-11H2,1-2H3,(H,25,26). The SMILES string of the molecule is CC(C)c1nccc2c1c(Sc1ccc(F)cc1)c1n2CCC1CC(=O)O. The van der Waals surface area contributed by atoms with Crippen molar-refractivity contribution in [1.82, 2.24) is 9.55 Å². The number of halogens is 1. The zero-order valence-electron chi connectivity index (χ0n) is 15.3. The molecule has 0 radical (unpaired) electrons. The molecule has 1 aliphatic rings. The van der Waals surface area contributed by atoms with E-state index in [0.717, 1.165) is 45.0 Å². The van der Waals surface area contributed by atoms with Gasteiger partial charge >= 0.3 is 5.97 Å². The first-order valence-corrected chi connectivity index (χ1v) is 9.93. The largest absolute Gasteiger partial charge is 0.481 e. The van der Waals surface area contributed by atoms with Gasteiger partial charge in [0.2, 0.25) is 0 Å². The third-order valence-electron chi connectivity index (χ3n) is 5.09. The fourth-order valence-corrected chi connectivity index (χ4v) is 5.15. The summed E-state index contributed by atoms with van der Waals surface area (Å²) in [5.41, 5.74) is 3.21.